The van der Waals surface area contributed by atoms with Crippen molar-refractivity contribution < 1.29 is 9.90 Å². The van der Waals surface area contributed by atoms with Gasteiger partial charge in [-0.2, -0.15) is 0 Å². The lowest BCUT2D eigenvalue weighted by Gasteiger charge is -2.09. The van der Waals surface area contributed by atoms with E-state index in [1.807, 2.05) is 6.92 Å². The lowest BCUT2D eigenvalue weighted by Crippen LogP contribution is -2.11. The fourth-order valence-corrected chi connectivity index (χ4v) is 1.04. The highest BCUT2D eigenvalue weighted by molar-refractivity contribution is 5.87. The van der Waals surface area contributed by atoms with Crippen molar-refractivity contribution in [3.63, 3.8) is 0 Å². The van der Waals surface area contributed by atoms with Crippen LogP contribution in [0.4, 0.5) is 0 Å². The van der Waals surface area contributed by atoms with E-state index >= 15 is 0 Å². The second kappa shape index (κ2) is 6.66. The van der Waals surface area contributed by atoms with Crippen LogP contribution in [-0.4, -0.2) is 24.0 Å². The normalized spacial score (nSPS) is 14.0. The van der Waals surface area contributed by atoms with E-state index in [2.05, 4.69) is 5.32 Å². The molecule has 0 aromatic heterocycles. The zero-order valence-electron chi connectivity index (χ0n) is 8.63. The molecule has 0 bridgehead atoms. The molecule has 0 aliphatic rings. The third kappa shape index (κ3) is 6.34. The van der Waals surface area contributed by atoms with Gasteiger partial charge in [0, 0.05) is 12.7 Å². The first-order valence-electron chi connectivity index (χ1n) is 4.67. The van der Waals surface area contributed by atoms with Crippen LogP contribution in [0.2, 0.25) is 0 Å². The summed E-state index contributed by atoms with van der Waals surface area (Å²) in [7, 11) is 1.78. The standard InChI is InChI=1S/C10H19NO2/c1-4-10(13)6-5-9(11-3)7-8(2)12/h7,10-11,13H,4-6H2,1-3H3/b9-7-. The van der Waals surface area contributed by atoms with Gasteiger partial charge in [0.2, 0.25) is 0 Å². The highest BCUT2D eigenvalue weighted by atomic mass is 16.3. The molecule has 0 amide bonds. The monoisotopic (exact) mass is 185 g/mol. The van der Waals surface area contributed by atoms with Crippen LogP contribution < -0.4 is 5.32 Å². The molecule has 0 saturated heterocycles. The quantitative estimate of drug-likeness (QED) is 0.612. The fourth-order valence-electron chi connectivity index (χ4n) is 1.04. The summed E-state index contributed by atoms with van der Waals surface area (Å²) in [6.07, 6.45) is 3.50. The maximum atomic E-state index is 10.7. The van der Waals surface area contributed by atoms with Crippen LogP contribution >= 0.6 is 0 Å². The van der Waals surface area contributed by atoms with Crippen molar-refractivity contribution in [3.05, 3.63) is 11.8 Å². The first-order chi connectivity index (χ1) is 6.10. The van der Waals surface area contributed by atoms with Crippen molar-refractivity contribution in [1.29, 1.82) is 0 Å². The smallest absolute Gasteiger partial charge is 0.154 e. The molecule has 76 valence electrons. The summed E-state index contributed by atoms with van der Waals surface area (Å²) in [5.74, 6) is 0.0374. The Labute approximate surface area is 79.8 Å². The summed E-state index contributed by atoms with van der Waals surface area (Å²) in [5.41, 5.74) is 0.889. The molecule has 0 aliphatic heterocycles. The number of ketones is 1. The van der Waals surface area contributed by atoms with E-state index < -0.39 is 0 Å². The molecule has 3 nitrogen and oxygen atoms in total. The molecule has 0 rings (SSSR count). The van der Waals surface area contributed by atoms with E-state index in [1.165, 1.54) is 6.92 Å². The van der Waals surface area contributed by atoms with Crippen molar-refractivity contribution in [2.45, 2.75) is 39.2 Å². The lowest BCUT2D eigenvalue weighted by atomic mass is 10.1. The maximum Gasteiger partial charge on any atom is 0.154 e. The van der Waals surface area contributed by atoms with Crippen molar-refractivity contribution >= 4 is 5.78 Å². The molecule has 1 unspecified atom stereocenters. The van der Waals surface area contributed by atoms with Crippen LogP contribution in [-0.2, 0) is 4.79 Å². The van der Waals surface area contributed by atoms with Crippen molar-refractivity contribution in [2.24, 2.45) is 0 Å². The zero-order chi connectivity index (χ0) is 10.3. The minimum Gasteiger partial charge on any atom is -0.393 e. The molecule has 13 heavy (non-hydrogen) atoms. The highest BCUT2D eigenvalue weighted by Crippen LogP contribution is 2.06. The van der Waals surface area contributed by atoms with Crippen LogP contribution in [0, 0.1) is 0 Å². The van der Waals surface area contributed by atoms with Gasteiger partial charge in [-0.05, 0) is 32.3 Å². The molecule has 0 aromatic rings. The molecular weight excluding hydrogens is 166 g/mol. The SMILES string of the molecule is CCC(O)CC/C(=C/C(C)=O)NC. The number of hydrogen-bond acceptors (Lipinski definition) is 3. The summed E-state index contributed by atoms with van der Waals surface area (Å²) in [6, 6.07) is 0. The second-order valence-electron chi connectivity index (χ2n) is 3.13. The van der Waals surface area contributed by atoms with E-state index in [9.17, 15) is 9.90 Å². The van der Waals surface area contributed by atoms with Gasteiger partial charge in [0.05, 0.1) is 6.10 Å². The van der Waals surface area contributed by atoms with E-state index in [1.54, 1.807) is 13.1 Å². The summed E-state index contributed by atoms with van der Waals surface area (Å²) >= 11 is 0. The molecule has 0 heterocycles. The van der Waals surface area contributed by atoms with Gasteiger partial charge in [0.1, 0.15) is 0 Å². The van der Waals surface area contributed by atoms with Crippen LogP contribution in [0.25, 0.3) is 0 Å². The topological polar surface area (TPSA) is 49.3 Å². The number of nitrogens with one attached hydrogen (secondary N) is 1. The Morgan fingerprint density at radius 3 is 2.62 bits per heavy atom. The Balaban J connectivity index is 3.92. The van der Waals surface area contributed by atoms with Gasteiger partial charge in [-0.3, -0.25) is 4.79 Å². The van der Waals surface area contributed by atoms with Gasteiger partial charge < -0.3 is 10.4 Å². The predicted octanol–water partition coefficient (Wildman–Crippen LogP) is 1.23. The highest BCUT2D eigenvalue weighted by Gasteiger charge is 2.02. The number of carbonyl (C=O) groups is 1. The average molecular weight is 185 g/mol. The van der Waals surface area contributed by atoms with E-state index in [4.69, 9.17) is 0 Å². The number of aliphatic hydroxyl groups excluding tert-OH is 1. The van der Waals surface area contributed by atoms with E-state index in [0.717, 1.165) is 18.5 Å². The van der Waals surface area contributed by atoms with Crippen LogP contribution in [0.5, 0.6) is 0 Å². The predicted molar refractivity (Wildman–Crippen MR) is 53.4 cm³/mol. The third-order valence-electron chi connectivity index (χ3n) is 1.92. The van der Waals surface area contributed by atoms with Crippen LogP contribution in [0.3, 0.4) is 0 Å². The van der Waals surface area contributed by atoms with Crippen LogP contribution in [0.1, 0.15) is 33.1 Å². The molecule has 0 radical (unpaired) electrons. The molecule has 2 N–H and O–H groups in total. The Morgan fingerprint density at radius 1 is 1.62 bits per heavy atom. The molecule has 1 atom stereocenters. The fraction of sp³-hybridized carbons (Fsp3) is 0.700. The molecule has 0 aromatic carbocycles. The van der Waals surface area contributed by atoms with Gasteiger partial charge in [0.25, 0.3) is 0 Å². The number of aliphatic hydroxyl groups is 1. The maximum absolute atomic E-state index is 10.7. The van der Waals surface area contributed by atoms with Gasteiger partial charge >= 0.3 is 0 Å². The first-order valence-corrected chi connectivity index (χ1v) is 4.67. The van der Waals surface area contributed by atoms with Crippen molar-refractivity contribution in [3.8, 4) is 0 Å². The molecule has 0 aliphatic carbocycles. The first kappa shape index (κ1) is 12.2. The van der Waals surface area contributed by atoms with Crippen LogP contribution in [0.15, 0.2) is 11.8 Å². The molecular formula is C10H19NO2. The molecule has 0 fully saturated rings. The number of carbonyl (C=O) groups excluding carboxylic acids is 1. The summed E-state index contributed by atoms with van der Waals surface area (Å²) < 4.78 is 0. The zero-order valence-corrected chi connectivity index (χ0v) is 8.63. The number of allylic oxidation sites excluding steroid dienone is 2. The Kier molecular flexibility index (Phi) is 6.24. The van der Waals surface area contributed by atoms with E-state index in [0.29, 0.717) is 6.42 Å². The minimum absolute atomic E-state index is 0.0374. The van der Waals surface area contributed by atoms with Crippen molar-refractivity contribution in [1.82, 2.24) is 5.32 Å². The molecule has 0 spiro atoms. The van der Waals surface area contributed by atoms with Gasteiger partial charge in [-0.1, -0.05) is 6.92 Å². The van der Waals surface area contributed by atoms with Gasteiger partial charge in [-0.15, -0.1) is 0 Å². The van der Waals surface area contributed by atoms with Gasteiger partial charge in [0.15, 0.2) is 5.78 Å². The lowest BCUT2D eigenvalue weighted by molar-refractivity contribution is -0.112. The largest absolute Gasteiger partial charge is 0.393 e. The number of hydrogen-bond donors (Lipinski definition) is 2. The minimum atomic E-state index is -0.260. The van der Waals surface area contributed by atoms with Crippen molar-refractivity contribution in [2.75, 3.05) is 7.05 Å². The Hall–Kier alpha value is -0.830. The Morgan fingerprint density at radius 2 is 2.23 bits per heavy atom. The summed E-state index contributed by atoms with van der Waals surface area (Å²) in [5, 5.41) is 12.2. The average Bonchev–Trinajstić information content (AvgIpc) is 2.10. The molecule has 0 saturated carbocycles. The number of rotatable bonds is 6. The van der Waals surface area contributed by atoms with E-state index in [-0.39, 0.29) is 11.9 Å². The summed E-state index contributed by atoms with van der Waals surface area (Å²) in [6.45, 7) is 3.46. The second-order valence-corrected chi connectivity index (χ2v) is 3.13. The third-order valence-corrected chi connectivity index (χ3v) is 1.92. The van der Waals surface area contributed by atoms with Gasteiger partial charge in [-0.25, -0.2) is 0 Å². The molecule has 3 heteroatoms. The Bertz CT molecular complexity index is 187. The summed E-state index contributed by atoms with van der Waals surface area (Å²) in [4.78, 5) is 10.7.